The van der Waals surface area contributed by atoms with E-state index in [0.29, 0.717) is 30.3 Å². The zero-order valence-electron chi connectivity index (χ0n) is 24.3. The highest BCUT2D eigenvalue weighted by molar-refractivity contribution is 6.50. The zero-order chi connectivity index (χ0) is 32.9. The van der Waals surface area contributed by atoms with Crippen LogP contribution < -0.4 is 20.1 Å². The van der Waals surface area contributed by atoms with Crippen molar-refractivity contribution in [3.8, 4) is 11.5 Å². The smallest absolute Gasteiger partial charge is 0.508 e. The van der Waals surface area contributed by atoms with Gasteiger partial charge in [-0.15, -0.1) is 0 Å². The second-order valence-corrected chi connectivity index (χ2v) is 11.9. The molecule has 13 nitrogen and oxygen atoms in total. The first kappa shape index (κ1) is 33.9. The van der Waals surface area contributed by atoms with E-state index in [1.54, 1.807) is 32.0 Å². The Hall–Kier alpha value is -4.01. The van der Waals surface area contributed by atoms with Gasteiger partial charge in [0.2, 0.25) is 5.91 Å². The van der Waals surface area contributed by atoms with Crippen LogP contribution in [0.1, 0.15) is 49.0 Å². The number of aliphatic carboxylic acids is 2. The molecular formula is C29H31BCl2N2O11. The van der Waals surface area contributed by atoms with E-state index >= 15 is 0 Å². The minimum atomic E-state index is -2.41. The first-order valence-corrected chi connectivity index (χ1v) is 14.8. The van der Waals surface area contributed by atoms with Crippen molar-refractivity contribution in [3.05, 3.63) is 57.6 Å². The van der Waals surface area contributed by atoms with Crippen molar-refractivity contribution >= 4 is 60.0 Å². The Kier molecular flexibility index (Phi) is 10.8. The SMILES string of the molecule is CC(C)C[C@H](NC(=O)[C@H](Cc1ccc2c(c1)OCCO2)NC(=O)c1cc(Cl)ccc1Cl)B1OC(=O)CC(CC(=O)O)(C(=O)O)O1. The van der Waals surface area contributed by atoms with Crippen LogP contribution in [0.15, 0.2) is 36.4 Å². The van der Waals surface area contributed by atoms with Gasteiger partial charge in [0.1, 0.15) is 19.3 Å². The monoisotopic (exact) mass is 664 g/mol. The fraction of sp³-hybridized carbons (Fsp3) is 0.414. The second kappa shape index (κ2) is 14.4. The molecule has 2 aliphatic rings. The molecule has 45 heavy (non-hydrogen) atoms. The first-order valence-electron chi connectivity index (χ1n) is 14.0. The third kappa shape index (κ3) is 8.59. The van der Waals surface area contributed by atoms with E-state index in [1.165, 1.54) is 18.2 Å². The first-order chi connectivity index (χ1) is 21.3. The number of nitrogens with one attached hydrogen (secondary N) is 2. The highest BCUT2D eigenvalue weighted by Gasteiger charge is 2.55. The van der Waals surface area contributed by atoms with Crippen LogP contribution in [0.3, 0.4) is 0 Å². The molecule has 16 heteroatoms. The van der Waals surface area contributed by atoms with Gasteiger partial charge in [-0.3, -0.25) is 19.2 Å². The van der Waals surface area contributed by atoms with Crippen molar-refractivity contribution in [3.63, 3.8) is 0 Å². The van der Waals surface area contributed by atoms with E-state index in [4.69, 9.17) is 42.0 Å². The van der Waals surface area contributed by atoms with Gasteiger partial charge < -0.3 is 39.6 Å². The van der Waals surface area contributed by atoms with Crippen LogP contribution in [0.2, 0.25) is 10.0 Å². The largest absolute Gasteiger partial charge is 0.552 e. The molecule has 3 atom stereocenters. The molecule has 4 rings (SSSR count). The number of ether oxygens (including phenoxy) is 2. The molecule has 240 valence electrons. The Balaban J connectivity index is 1.64. The summed E-state index contributed by atoms with van der Waals surface area (Å²) in [6, 6.07) is 8.11. The third-order valence-electron chi connectivity index (χ3n) is 7.07. The molecule has 1 unspecified atom stereocenters. The average molecular weight is 665 g/mol. The van der Waals surface area contributed by atoms with Gasteiger partial charge in [-0.25, -0.2) is 4.79 Å². The molecule has 2 aromatic rings. The molecule has 0 aromatic heterocycles. The predicted octanol–water partition coefficient (Wildman–Crippen LogP) is 2.93. The molecular weight excluding hydrogens is 634 g/mol. The van der Waals surface area contributed by atoms with Crippen molar-refractivity contribution in [2.45, 2.75) is 57.1 Å². The summed E-state index contributed by atoms with van der Waals surface area (Å²) in [6.45, 7) is 4.33. The molecule has 0 saturated carbocycles. The molecule has 2 aromatic carbocycles. The van der Waals surface area contributed by atoms with Gasteiger partial charge >= 0.3 is 19.1 Å². The van der Waals surface area contributed by atoms with Crippen LogP contribution in [-0.4, -0.2) is 77.9 Å². The van der Waals surface area contributed by atoms with Crippen molar-refractivity contribution < 1.29 is 53.0 Å². The summed E-state index contributed by atoms with van der Waals surface area (Å²) < 4.78 is 22.1. The Labute approximate surface area is 268 Å². The van der Waals surface area contributed by atoms with E-state index in [-0.39, 0.29) is 34.4 Å². The Morgan fingerprint density at radius 2 is 1.71 bits per heavy atom. The number of hydrogen-bond acceptors (Lipinski definition) is 9. The number of carbonyl (C=O) groups excluding carboxylic acids is 3. The summed E-state index contributed by atoms with van der Waals surface area (Å²) in [4.78, 5) is 63.4. The number of fused-ring (bicyclic) bond motifs is 1. The van der Waals surface area contributed by atoms with Gasteiger partial charge in [0.05, 0.1) is 29.4 Å². The van der Waals surface area contributed by atoms with Crippen LogP contribution in [0.5, 0.6) is 11.5 Å². The van der Waals surface area contributed by atoms with Crippen molar-refractivity contribution in [2.75, 3.05) is 13.2 Å². The van der Waals surface area contributed by atoms with E-state index in [2.05, 4.69) is 10.6 Å². The van der Waals surface area contributed by atoms with Crippen LogP contribution in [-0.2, 0) is 34.9 Å². The summed E-state index contributed by atoms with van der Waals surface area (Å²) in [5.74, 6) is -5.87. The highest BCUT2D eigenvalue weighted by Crippen LogP contribution is 2.32. The summed E-state index contributed by atoms with van der Waals surface area (Å²) in [6.07, 6.45) is -1.75. The standard InChI is InChI=1S/C29H31BCl2N2O11/c1-15(2)9-23(30-44-25(37)14-29(45-30,28(40)41)13-24(35)36)34-27(39)20(33-26(38)18-12-17(31)4-5-19(18)32)10-16-3-6-21-22(11-16)43-8-7-42-21/h3-6,11-12,15,20,23H,7-10,13-14H2,1-2H3,(H,33,38)(H,34,39)(H,35,36)(H,40,41)/t20-,23-,29?/m0/s1. The number of amides is 2. The van der Waals surface area contributed by atoms with Crippen molar-refractivity contribution in [1.82, 2.24) is 10.6 Å². The minimum absolute atomic E-state index is 0.0207. The Bertz CT molecular complexity index is 1490. The number of halogens is 2. The van der Waals surface area contributed by atoms with Crippen molar-refractivity contribution in [2.24, 2.45) is 5.92 Å². The normalized spacial score (nSPS) is 18.9. The maximum atomic E-state index is 13.9. The molecule has 0 radical (unpaired) electrons. The van der Waals surface area contributed by atoms with Gasteiger partial charge in [0.15, 0.2) is 17.1 Å². The lowest BCUT2D eigenvalue weighted by molar-refractivity contribution is -0.175. The van der Waals surface area contributed by atoms with Crippen LogP contribution in [0.25, 0.3) is 0 Å². The Morgan fingerprint density at radius 1 is 1.00 bits per heavy atom. The van der Waals surface area contributed by atoms with E-state index < -0.39 is 67.3 Å². The fourth-order valence-electron chi connectivity index (χ4n) is 5.00. The molecule has 0 spiro atoms. The summed E-state index contributed by atoms with van der Waals surface area (Å²) in [7, 11) is -1.64. The summed E-state index contributed by atoms with van der Waals surface area (Å²) in [5.41, 5.74) is -1.79. The lowest BCUT2D eigenvalue weighted by atomic mass is 9.70. The third-order valence-corrected chi connectivity index (χ3v) is 7.63. The second-order valence-electron chi connectivity index (χ2n) is 11.1. The minimum Gasteiger partial charge on any atom is -0.508 e. The number of hydrogen-bond donors (Lipinski definition) is 4. The molecule has 2 heterocycles. The number of benzene rings is 2. The molecule has 0 bridgehead atoms. The van der Waals surface area contributed by atoms with Gasteiger partial charge in [-0.2, -0.15) is 0 Å². The molecule has 1 saturated heterocycles. The molecule has 4 N–H and O–H groups in total. The van der Waals surface area contributed by atoms with Crippen LogP contribution >= 0.6 is 23.2 Å². The molecule has 1 fully saturated rings. The van der Waals surface area contributed by atoms with Crippen LogP contribution in [0, 0.1) is 5.92 Å². The van der Waals surface area contributed by atoms with Gasteiger partial charge in [0, 0.05) is 11.4 Å². The molecule has 2 aliphatic heterocycles. The fourth-order valence-corrected chi connectivity index (χ4v) is 5.38. The molecule has 2 amide bonds. The zero-order valence-corrected chi connectivity index (χ0v) is 25.9. The number of rotatable bonds is 12. The van der Waals surface area contributed by atoms with Crippen molar-refractivity contribution in [1.29, 1.82) is 0 Å². The van der Waals surface area contributed by atoms with E-state index in [0.717, 1.165) is 0 Å². The number of carbonyl (C=O) groups is 5. The topological polar surface area (TPSA) is 187 Å². The quantitative estimate of drug-likeness (QED) is 0.244. The number of carboxylic acids is 2. The lowest BCUT2D eigenvalue weighted by Crippen LogP contribution is -2.62. The van der Waals surface area contributed by atoms with E-state index in [1.807, 2.05) is 0 Å². The van der Waals surface area contributed by atoms with Gasteiger partial charge in [-0.1, -0.05) is 43.1 Å². The molecule has 0 aliphatic carbocycles. The van der Waals surface area contributed by atoms with Gasteiger partial charge in [0.25, 0.3) is 11.9 Å². The van der Waals surface area contributed by atoms with Crippen LogP contribution in [0.4, 0.5) is 0 Å². The highest BCUT2D eigenvalue weighted by atomic mass is 35.5. The Morgan fingerprint density at radius 3 is 2.38 bits per heavy atom. The summed E-state index contributed by atoms with van der Waals surface area (Å²) >= 11 is 12.3. The predicted molar refractivity (Wildman–Crippen MR) is 160 cm³/mol. The van der Waals surface area contributed by atoms with Gasteiger partial charge in [-0.05, 0) is 48.2 Å². The summed E-state index contributed by atoms with van der Waals surface area (Å²) in [5, 5.41) is 24.9. The van der Waals surface area contributed by atoms with E-state index in [9.17, 15) is 34.2 Å². The maximum Gasteiger partial charge on any atom is 0.552 e. The number of carboxylic acid groups (broad SMARTS) is 2. The average Bonchev–Trinajstić information content (AvgIpc) is 2.96. The maximum absolute atomic E-state index is 13.9. The lowest BCUT2D eigenvalue weighted by Gasteiger charge is -2.38.